The summed E-state index contributed by atoms with van der Waals surface area (Å²) in [6.07, 6.45) is -2.44. The molecule has 2 atom stereocenters. The average molecular weight is 190 g/mol. The molecule has 0 fully saturated rings. The van der Waals surface area contributed by atoms with Crippen LogP contribution in [0.4, 0.5) is 0 Å². The average Bonchev–Trinajstić information content (AvgIpc) is 1.84. The van der Waals surface area contributed by atoms with E-state index in [2.05, 4.69) is 0 Å². The first kappa shape index (κ1) is 16.9. The molecule has 0 aliphatic rings. The van der Waals surface area contributed by atoms with Gasteiger partial charge in [0, 0.05) is 0 Å². The third-order valence-electron chi connectivity index (χ3n) is 0.818. The summed E-state index contributed by atoms with van der Waals surface area (Å²) in [7, 11) is 0. The molecule has 0 unspecified atom stereocenters. The predicted octanol–water partition coefficient (Wildman–Crippen LogP) is -2.08. The van der Waals surface area contributed by atoms with Crippen LogP contribution >= 0.6 is 27.0 Å². The van der Waals surface area contributed by atoms with E-state index in [1.165, 1.54) is 0 Å². The maximum absolute atomic E-state index is 8.47. The number of aliphatic hydroxyl groups is 4. The highest BCUT2D eigenvalue weighted by molar-refractivity contribution is 7.59. The molecule has 4 N–H and O–H groups in total. The van der Waals surface area contributed by atoms with Gasteiger partial charge in [-0.1, -0.05) is 0 Å². The van der Waals surface area contributed by atoms with E-state index in [9.17, 15) is 0 Å². The number of hydrogen-bond donors (Lipinski definition) is 4. The molecule has 0 radical (unpaired) electrons. The maximum atomic E-state index is 8.47. The van der Waals surface area contributed by atoms with Crippen molar-refractivity contribution in [2.24, 2.45) is 0 Å². The summed E-state index contributed by atoms with van der Waals surface area (Å²) in [5.74, 6) is 0. The van der Waals surface area contributed by atoms with Gasteiger partial charge in [0.25, 0.3) is 0 Å². The van der Waals surface area contributed by atoms with Gasteiger partial charge < -0.3 is 20.4 Å². The predicted molar refractivity (Wildman–Crippen MR) is 46.9 cm³/mol. The molecule has 0 bridgehead atoms. The van der Waals surface area contributed by atoms with Crippen molar-refractivity contribution in [2.45, 2.75) is 12.2 Å². The van der Waals surface area contributed by atoms with Gasteiger partial charge in [-0.05, 0) is 0 Å². The summed E-state index contributed by atoms with van der Waals surface area (Å²) in [6, 6.07) is 0. The lowest BCUT2D eigenvalue weighted by Gasteiger charge is -2.10. The Hall–Kier alpha value is 0.540. The highest BCUT2D eigenvalue weighted by atomic mass is 32.1. The highest BCUT2D eigenvalue weighted by Gasteiger charge is 2.12. The molecule has 6 heteroatoms. The molecule has 0 amide bonds. The van der Waals surface area contributed by atoms with Gasteiger partial charge in [0.15, 0.2) is 0 Å². The Morgan fingerprint density at radius 2 is 1.00 bits per heavy atom. The Morgan fingerprint density at radius 3 is 1.10 bits per heavy atom. The lowest BCUT2D eigenvalue weighted by Crippen LogP contribution is -2.31. The van der Waals surface area contributed by atoms with Crippen LogP contribution in [-0.2, 0) is 0 Å². The molecule has 0 aliphatic carbocycles. The number of aliphatic hydroxyl groups excluding tert-OH is 4. The van der Waals surface area contributed by atoms with Gasteiger partial charge in [0.05, 0.1) is 13.2 Å². The third kappa shape index (κ3) is 6.66. The summed E-state index contributed by atoms with van der Waals surface area (Å²) in [4.78, 5) is 0. The van der Waals surface area contributed by atoms with Crippen molar-refractivity contribution in [1.29, 1.82) is 0 Å². The SMILES string of the molecule is OC[C@@H](O)[C@H](O)CO.S.S. The normalized spacial score (nSPS) is 14.4. The van der Waals surface area contributed by atoms with E-state index >= 15 is 0 Å². The molecule has 10 heavy (non-hydrogen) atoms. The quantitative estimate of drug-likeness (QED) is 0.412. The fraction of sp³-hybridized carbons (Fsp3) is 1.00. The Bertz CT molecular complexity index is 55.2. The number of rotatable bonds is 3. The van der Waals surface area contributed by atoms with Crippen LogP contribution in [0.3, 0.4) is 0 Å². The minimum absolute atomic E-state index is 0. The Kier molecular flexibility index (Phi) is 16.1. The number of hydrogen-bond acceptors (Lipinski definition) is 4. The van der Waals surface area contributed by atoms with E-state index in [1.54, 1.807) is 0 Å². The van der Waals surface area contributed by atoms with Crippen LogP contribution < -0.4 is 0 Å². The minimum Gasteiger partial charge on any atom is -0.394 e. The van der Waals surface area contributed by atoms with Crippen LogP contribution in [0.2, 0.25) is 0 Å². The largest absolute Gasteiger partial charge is 0.394 e. The molecule has 4 nitrogen and oxygen atoms in total. The molecule has 0 spiro atoms. The van der Waals surface area contributed by atoms with E-state index in [0.29, 0.717) is 0 Å². The van der Waals surface area contributed by atoms with Gasteiger partial charge >= 0.3 is 0 Å². The van der Waals surface area contributed by atoms with Crippen LogP contribution in [0.15, 0.2) is 0 Å². The van der Waals surface area contributed by atoms with E-state index in [-0.39, 0.29) is 27.0 Å². The van der Waals surface area contributed by atoms with Crippen molar-refractivity contribution in [2.75, 3.05) is 13.2 Å². The molecule has 0 aliphatic heterocycles. The molecule has 0 aromatic rings. The van der Waals surface area contributed by atoms with Crippen molar-refractivity contribution >= 4 is 27.0 Å². The van der Waals surface area contributed by atoms with Gasteiger partial charge in [0.1, 0.15) is 12.2 Å². The topological polar surface area (TPSA) is 80.9 Å². The van der Waals surface area contributed by atoms with E-state index in [0.717, 1.165) is 0 Å². The van der Waals surface area contributed by atoms with E-state index in [1.807, 2.05) is 0 Å². The van der Waals surface area contributed by atoms with Crippen LogP contribution in [0.25, 0.3) is 0 Å². The first-order valence-electron chi connectivity index (χ1n) is 2.30. The molecule has 0 saturated carbocycles. The first-order valence-corrected chi connectivity index (χ1v) is 2.30. The Morgan fingerprint density at radius 1 is 0.800 bits per heavy atom. The van der Waals surface area contributed by atoms with Crippen molar-refractivity contribution in [3.63, 3.8) is 0 Å². The van der Waals surface area contributed by atoms with Crippen molar-refractivity contribution in [3.05, 3.63) is 0 Å². The Balaban J connectivity index is -0.000000245. The fourth-order valence-corrected chi connectivity index (χ4v) is 0.243. The summed E-state index contributed by atoms with van der Waals surface area (Å²) in [5, 5.41) is 33.2. The second kappa shape index (κ2) is 9.54. The highest BCUT2D eigenvalue weighted by Crippen LogP contribution is 1.88. The summed E-state index contributed by atoms with van der Waals surface area (Å²) >= 11 is 0. The first-order chi connectivity index (χ1) is 3.72. The zero-order valence-electron chi connectivity index (χ0n) is 5.36. The lowest BCUT2D eigenvalue weighted by molar-refractivity contribution is -0.0388. The van der Waals surface area contributed by atoms with E-state index < -0.39 is 25.4 Å². The molecular weight excluding hydrogens is 176 g/mol. The second-order valence-electron chi connectivity index (χ2n) is 1.50. The van der Waals surface area contributed by atoms with Crippen LogP contribution in [0.5, 0.6) is 0 Å². The molecule has 0 saturated heterocycles. The zero-order chi connectivity index (χ0) is 6.57. The van der Waals surface area contributed by atoms with Gasteiger partial charge in [-0.2, -0.15) is 27.0 Å². The molecule has 0 rings (SSSR count). The smallest absolute Gasteiger partial charge is 0.105 e. The van der Waals surface area contributed by atoms with Gasteiger partial charge in [-0.15, -0.1) is 0 Å². The van der Waals surface area contributed by atoms with Gasteiger partial charge in [-0.3, -0.25) is 0 Å². The summed E-state index contributed by atoms with van der Waals surface area (Å²) in [6.45, 7) is -1.05. The van der Waals surface area contributed by atoms with E-state index in [4.69, 9.17) is 20.4 Å². The fourth-order valence-electron chi connectivity index (χ4n) is 0.243. The molecule has 66 valence electrons. The summed E-state index contributed by atoms with van der Waals surface area (Å²) in [5.41, 5.74) is 0. The van der Waals surface area contributed by atoms with Crippen LogP contribution in [-0.4, -0.2) is 45.8 Å². The molecule has 0 heterocycles. The Labute approximate surface area is 73.4 Å². The van der Waals surface area contributed by atoms with Crippen molar-refractivity contribution in [1.82, 2.24) is 0 Å². The summed E-state index contributed by atoms with van der Waals surface area (Å²) < 4.78 is 0. The lowest BCUT2D eigenvalue weighted by atomic mass is 10.2. The van der Waals surface area contributed by atoms with Crippen molar-refractivity contribution < 1.29 is 20.4 Å². The van der Waals surface area contributed by atoms with Gasteiger partial charge in [0.2, 0.25) is 0 Å². The standard InChI is InChI=1S/C4H10O4.2H2S/c5-1-3(7)4(8)2-6;;/h3-8H,1-2H2;2*1H2/t3-,4-;;/m1../s1. The second-order valence-corrected chi connectivity index (χ2v) is 1.50. The van der Waals surface area contributed by atoms with Crippen molar-refractivity contribution in [3.8, 4) is 0 Å². The van der Waals surface area contributed by atoms with Crippen LogP contribution in [0.1, 0.15) is 0 Å². The third-order valence-corrected chi connectivity index (χ3v) is 0.818. The monoisotopic (exact) mass is 190 g/mol. The maximum Gasteiger partial charge on any atom is 0.105 e. The van der Waals surface area contributed by atoms with Gasteiger partial charge in [-0.25, -0.2) is 0 Å². The molecule has 0 aromatic heterocycles. The molecular formula is C4H14O4S2. The zero-order valence-corrected chi connectivity index (χ0v) is 7.36. The minimum atomic E-state index is -1.22. The molecule has 0 aromatic carbocycles. The van der Waals surface area contributed by atoms with Crippen LogP contribution in [0, 0.1) is 0 Å².